The van der Waals surface area contributed by atoms with Gasteiger partial charge in [-0.3, -0.25) is 4.90 Å². The van der Waals surface area contributed by atoms with Crippen molar-refractivity contribution in [3.05, 3.63) is 0 Å². The van der Waals surface area contributed by atoms with Crippen molar-refractivity contribution in [2.24, 2.45) is 0 Å². The molecule has 1 unspecified atom stereocenters. The Bertz CT molecular complexity index is 459. The van der Waals surface area contributed by atoms with Gasteiger partial charge in [0.1, 0.15) is 12.2 Å². The van der Waals surface area contributed by atoms with Gasteiger partial charge in [0.05, 0.1) is 6.10 Å². The monoisotopic (exact) mass is 441 g/mol. The smallest absolute Gasteiger partial charge is 0.164 e. The third-order valence-electron chi connectivity index (χ3n) is 7.28. The summed E-state index contributed by atoms with van der Waals surface area (Å²) in [5.41, 5.74) is 0. The number of hydrogen-bond acceptors (Lipinski definition) is 5. The Morgan fingerprint density at radius 3 is 1.71 bits per heavy atom. The standard InChI is InChI=1S/C26H51NO4/c1-3-4-5-6-7-8-9-10-11-12-13-14-15-16-17-18-19-27-21-23(28)24(29)25-22(27)20-26(2,30)31-25/h22-25,28-30H,3-21H2,1-2H3/t22-,23-,24-,25+,26?/m1/s1. The lowest BCUT2D eigenvalue weighted by atomic mass is 9.92. The first kappa shape index (κ1) is 27.0. The molecule has 2 fully saturated rings. The van der Waals surface area contributed by atoms with Gasteiger partial charge in [-0.05, 0) is 19.9 Å². The first-order valence-electron chi connectivity index (χ1n) is 13.4. The van der Waals surface area contributed by atoms with Crippen LogP contribution in [0, 0.1) is 0 Å². The van der Waals surface area contributed by atoms with Crippen LogP contribution in [0.5, 0.6) is 0 Å². The summed E-state index contributed by atoms with van der Waals surface area (Å²) in [7, 11) is 0. The average Bonchev–Trinajstić information content (AvgIpc) is 3.07. The third-order valence-corrected chi connectivity index (χ3v) is 7.28. The second-order valence-electron chi connectivity index (χ2n) is 10.4. The summed E-state index contributed by atoms with van der Waals surface area (Å²) in [5, 5.41) is 30.6. The van der Waals surface area contributed by atoms with E-state index in [1.54, 1.807) is 6.92 Å². The van der Waals surface area contributed by atoms with Crippen LogP contribution in [0.4, 0.5) is 0 Å². The minimum atomic E-state index is -1.20. The van der Waals surface area contributed by atoms with Gasteiger partial charge < -0.3 is 20.1 Å². The molecule has 0 aromatic heterocycles. The van der Waals surface area contributed by atoms with Crippen molar-refractivity contribution in [2.45, 2.75) is 153 Å². The van der Waals surface area contributed by atoms with Crippen LogP contribution in [-0.4, -0.2) is 63.4 Å². The number of piperidine rings is 1. The summed E-state index contributed by atoms with van der Waals surface area (Å²) in [6.07, 6.45) is 20.1. The number of unbranched alkanes of at least 4 members (excludes halogenated alkanes) is 15. The van der Waals surface area contributed by atoms with Gasteiger partial charge in [0.2, 0.25) is 0 Å². The van der Waals surface area contributed by atoms with Crippen LogP contribution in [0.2, 0.25) is 0 Å². The summed E-state index contributed by atoms with van der Waals surface area (Å²) in [4.78, 5) is 2.22. The van der Waals surface area contributed by atoms with Crippen molar-refractivity contribution >= 4 is 0 Å². The van der Waals surface area contributed by atoms with Crippen LogP contribution < -0.4 is 0 Å². The van der Waals surface area contributed by atoms with E-state index in [9.17, 15) is 15.3 Å². The van der Waals surface area contributed by atoms with Crippen molar-refractivity contribution in [2.75, 3.05) is 13.1 Å². The van der Waals surface area contributed by atoms with Crippen molar-refractivity contribution in [1.82, 2.24) is 4.90 Å². The van der Waals surface area contributed by atoms with E-state index in [1.165, 1.54) is 96.3 Å². The Balaban J connectivity index is 1.41. The maximum absolute atomic E-state index is 10.2. The van der Waals surface area contributed by atoms with E-state index in [4.69, 9.17) is 4.74 Å². The van der Waals surface area contributed by atoms with E-state index in [1.807, 2.05) is 0 Å². The van der Waals surface area contributed by atoms with Gasteiger partial charge in [0, 0.05) is 19.0 Å². The molecule has 5 atom stereocenters. The fraction of sp³-hybridized carbons (Fsp3) is 1.00. The molecule has 0 radical (unpaired) electrons. The van der Waals surface area contributed by atoms with Crippen LogP contribution in [0.3, 0.4) is 0 Å². The van der Waals surface area contributed by atoms with Crippen molar-refractivity contribution in [1.29, 1.82) is 0 Å². The van der Waals surface area contributed by atoms with Gasteiger partial charge in [0.15, 0.2) is 5.79 Å². The number of rotatable bonds is 17. The molecule has 184 valence electrons. The highest BCUT2D eigenvalue weighted by molar-refractivity contribution is 5.01. The predicted molar refractivity (Wildman–Crippen MR) is 127 cm³/mol. The zero-order valence-electron chi connectivity index (χ0n) is 20.4. The molecule has 2 heterocycles. The molecule has 0 bridgehead atoms. The number of β-amino-alcohol motifs (C(OH)–C–C–N with tert-alkyl or cyclic N) is 1. The van der Waals surface area contributed by atoms with Crippen LogP contribution in [-0.2, 0) is 4.74 Å². The Kier molecular flexibility index (Phi) is 13.0. The molecule has 2 saturated heterocycles. The van der Waals surface area contributed by atoms with Crippen LogP contribution in [0.1, 0.15) is 123 Å². The minimum Gasteiger partial charge on any atom is -0.389 e. The first-order valence-corrected chi connectivity index (χ1v) is 13.4. The Morgan fingerprint density at radius 1 is 0.774 bits per heavy atom. The van der Waals surface area contributed by atoms with Crippen molar-refractivity contribution in [3.63, 3.8) is 0 Å². The average molecular weight is 442 g/mol. The zero-order chi connectivity index (χ0) is 22.5. The van der Waals surface area contributed by atoms with Gasteiger partial charge in [-0.2, -0.15) is 0 Å². The number of hydrogen-bond donors (Lipinski definition) is 3. The number of ether oxygens (including phenoxy) is 1. The van der Waals surface area contributed by atoms with Crippen molar-refractivity contribution < 1.29 is 20.1 Å². The number of fused-ring (bicyclic) bond motifs is 1. The Labute approximate surface area is 191 Å². The summed E-state index contributed by atoms with van der Waals surface area (Å²) in [5.74, 6) is -1.20. The molecule has 2 aliphatic rings. The SMILES string of the molecule is CCCCCCCCCCCCCCCCCCN1C[C@@H](O)[C@@H](O)[C@H]2OC(C)(O)C[C@H]21. The fourth-order valence-corrected chi connectivity index (χ4v) is 5.38. The topological polar surface area (TPSA) is 73.2 Å². The van der Waals surface area contributed by atoms with E-state index in [2.05, 4.69) is 11.8 Å². The lowest BCUT2D eigenvalue weighted by Gasteiger charge is -2.41. The quantitative estimate of drug-likeness (QED) is 0.272. The predicted octanol–water partition coefficient (Wildman–Crippen LogP) is 5.15. The molecule has 0 amide bonds. The Hall–Kier alpha value is -0.200. The molecule has 2 rings (SSSR count). The molecule has 0 saturated carbocycles. The summed E-state index contributed by atoms with van der Waals surface area (Å²) < 4.78 is 5.60. The maximum atomic E-state index is 10.2. The number of nitrogens with zero attached hydrogens (tertiary/aromatic N) is 1. The normalized spacial score (nSPS) is 31.3. The van der Waals surface area contributed by atoms with E-state index < -0.39 is 24.1 Å². The lowest BCUT2D eigenvalue weighted by Crippen LogP contribution is -2.59. The molecule has 31 heavy (non-hydrogen) atoms. The van der Waals surface area contributed by atoms with Crippen LogP contribution in [0.25, 0.3) is 0 Å². The van der Waals surface area contributed by atoms with Gasteiger partial charge in [-0.15, -0.1) is 0 Å². The molecule has 5 nitrogen and oxygen atoms in total. The van der Waals surface area contributed by atoms with E-state index in [0.717, 1.165) is 13.0 Å². The molecule has 0 aliphatic carbocycles. The molecular formula is C26H51NO4. The number of likely N-dealkylation sites (tertiary alicyclic amines) is 1. The third kappa shape index (κ3) is 10.1. The van der Waals surface area contributed by atoms with Crippen LogP contribution >= 0.6 is 0 Å². The largest absolute Gasteiger partial charge is 0.389 e. The van der Waals surface area contributed by atoms with Crippen LogP contribution in [0.15, 0.2) is 0 Å². The Morgan fingerprint density at radius 2 is 1.23 bits per heavy atom. The van der Waals surface area contributed by atoms with Gasteiger partial charge >= 0.3 is 0 Å². The van der Waals surface area contributed by atoms with Gasteiger partial charge in [-0.1, -0.05) is 103 Å². The lowest BCUT2D eigenvalue weighted by molar-refractivity contribution is -0.213. The minimum absolute atomic E-state index is 0.00439. The summed E-state index contributed by atoms with van der Waals surface area (Å²) in [6.45, 7) is 5.31. The second kappa shape index (κ2) is 14.8. The summed E-state index contributed by atoms with van der Waals surface area (Å²) >= 11 is 0. The highest BCUT2D eigenvalue weighted by Crippen LogP contribution is 2.37. The van der Waals surface area contributed by atoms with Gasteiger partial charge in [0.25, 0.3) is 0 Å². The molecule has 0 spiro atoms. The van der Waals surface area contributed by atoms with Crippen molar-refractivity contribution in [3.8, 4) is 0 Å². The molecule has 0 aromatic carbocycles. The fourth-order valence-electron chi connectivity index (χ4n) is 5.38. The van der Waals surface area contributed by atoms with E-state index in [-0.39, 0.29) is 6.04 Å². The number of aliphatic hydroxyl groups is 3. The second-order valence-corrected chi connectivity index (χ2v) is 10.4. The first-order chi connectivity index (χ1) is 14.9. The summed E-state index contributed by atoms with van der Waals surface area (Å²) in [6, 6.07) is 0.00439. The maximum Gasteiger partial charge on any atom is 0.164 e. The molecular weight excluding hydrogens is 390 g/mol. The highest BCUT2D eigenvalue weighted by Gasteiger charge is 2.52. The molecule has 3 N–H and O–H groups in total. The molecule has 5 heteroatoms. The molecule has 0 aromatic rings. The number of aliphatic hydroxyl groups excluding tert-OH is 2. The molecule has 2 aliphatic heterocycles. The van der Waals surface area contributed by atoms with Gasteiger partial charge in [-0.25, -0.2) is 0 Å². The van der Waals surface area contributed by atoms with E-state index in [0.29, 0.717) is 13.0 Å². The van der Waals surface area contributed by atoms with E-state index >= 15 is 0 Å². The zero-order valence-corrected chi connectivity index (χ0v) is 20.4. The highest BCUT2D eigenvalue weighted by atomic mass is 16.6.